The van der Waals surface area contributed by atoms with E-state index < -0.39 is 0 Å². The van der Waals surface area contributed by atoms with Crippen molar-refractivity contribution >= 4 is 5.78 Å². The molecule has 23 heavy (non-hydrogen) atoms. The molecule has 0 N–H and O–H groups in total. The van der Waals surface area contributed by atoms with Gasteiger partial charge in [0.25, 0.3) is 0 Å². The fourth-order valence-corrected chi connectivity index (χ4v) is 4.11. The number of rotatable bonds is 3. The van der Waals surface area contributed by atoms with E-state index in [1.54, 1.807) is 7.11 Å². The summed E-state index contributed by atoms with van der Waals surface area (Å²) in [6.07, 6.45) is 7.37. The number of aryl methyl sites for hydroxylation is 1. The predicted octanol–water partition coefficient (Wildman–Crippen LogP) is 4.29. The van der Waals surface area contributed by atoms with Crippen molar-refractivity contribution < 1.29 is 9.53 Å². The molecule has 0 aliphatic heterocycles. The molecule has 2 aromatic carbocycles. The van der Waals surface area contributed by atoms with Crippen molar-refractivity contribution in [3.8, 4) is 5.75 Å². The molecular formula is C21H22O2. The Morgan fingerprint density at radius 2 is 1.74 bits per heavy atom. The lowest BCUT2D eigenvalue weighted by molar-refractivity contribution is 0.0994. The molecule has 4 rings (SSSR count). The topological polar surface area (TPSA) is 26.3 Å². The highest BCUT2D eigenvalue weighted by molar-refractivity contribution is 6.01. The van der Waals surface area contributed by atoms with Crippen molar-refractivity contribution in [1.29, 1.82) is 0 Å². The summed E-state index contributed by atoms with van der Waals surface area (Å²) in [5.41, 5.74) is 8.02. The van der Waals surface area contributed by atoms with Gasteiger partial charge in [0.05, 0.1) is 7.11 Å². The van der Waals surface area contributed by atoms with Gasteiger partial charge in [0.2, 0.25) is 0 Å². The summed E-state index contributed by atoms with van der Waals surface area (Å²) in [6.45, 7) is 0. The van der Waals surface area contributed by atoms with Crippen molar-refractivity contribution in [3.63, 3.8) is 0 Å². The van der Waals surface area contributed by atoms with Gasteiger partial charge in [-0.25, -0.2) is 0 Å². The Balaban J connectivity index is 1.78. The number of ketones is 1. The lowest BCUT2D eigenvalue weighted by atomic mass is 9.82. The van der Waals surface area contributed by atoms with Gasteiger partial charge in [-0.3, -0.25) is 4.79 Å². The minimum Gasteiger partial charge on any atom is -0.497 e. The van der Waals surface area contributed by atoms with Gasteiger partial charge in [0.15, 0.2) is 5.78 Å². The fourth-order valence-electron chi connectivity index (χ4n) is 4.11. The molecular weight excluding hydrogens is 284 g/mol. The van der Waals surface area contributed by atoms with E-state index in [1.807, 2.05) is 12.1 Å². The molecule has 0 amide bonds. The maximum Gasteiger partial charge on any atom is 0.163 e. The lowest BCUT2D eigenvalue weighted by Gasteiger charge is -2.23. The van der Waals surface area contributed by atoms with Gasteiger partial charge >= 0.3 is 0 Å². The maximum absolute atomic E-state index is 12.2. The van der Waals surface area contributed by atoms with Gasteiger partial charge in [-0.2, -0.15) is 0 Å². The molecule has 0 saturated carbocycles. The van der Waals surface area contributed by atoms with Crippen molar-refractivity contribution in [2.24, 2.45) is 0 Å². The second kappa shape index (κ2) is 5.84. The van der Waals surface area contributed by atoms with Crippen LogP contribution in [-0.2, 0) is 25.7 Å². The highest BCUT2D eigenvalue weighted by Crippen LogP contribution is 2.35. The number of carbonyl (C=O) groups excluding carboxylic acids is 1. The second-order valence-corrected chi connectivity index (χ2v) is 6.67. The molecule has 0 spiro atoms. The predicted molar refractivity (Wildman–Crippen MR) is 91.5 cm³/mol. The van der Waals surface area contributed by atoms with Crippen molar-refractivity contribution in [2.75, 3.05) is 7.11 Å². The number of methoxy groups -OCH3 is 1. The van der Waals surface area contributed by atoms with E-state index in [4.69, 9.17) is 4.74 Å². The van der Waals surface area contributed by atoms with Gasteiger partial charge in [-0.05, 0) is 84.5 Å². The van der Waals surface area contributed by atoms with E-state index in [2.05, 4.69) is 18.2 Å². The number of benzene rings is 2. The first-order valence-electron chi connectivity index (χ1n) is 8.59. The van der Waals surface area contributed by atoms with Crippen molar-refractivity contribution in [1.82, 2.24) is 0 Å². The molecule has 0 aromatic heterocycles. The highest BCUT2D eigenvalue weighted by Gasteiger charge is 2.27. The van der Waals surface area contributed by atoms with Crippen LogP contribution in [0.1, 0.15) is 57.4 Å². The monoisotopic (exact) mass is 306 g/mol. The van der Waals surface area contributed by atoms with Gasteiger partial charge in [-0.15, -0.1) is 0 Å². The minimum atomic E-state index is 0.337. The third-order valence-electron chi connectivity index (χ3n) is 5.33. The summed E-state index contributed by atoms with van der Waals surface area (Å²) in [6, 6.07) is 10.5. The first-order valence-corrected chi connectivity index (χ1v) is 8.59. The summed E-state index contributed by atoms with van der Waals surface area (Å²) in [4.78, 5) is 12.2. The Kier molecular flexibility index (Phi) is 3.68. The molecule has 0 saturated heterocycles. The van der Waals surface area contributed by atoms with Crippen LogP contribution in [0.25, 0.3) is 0 Å². The lowest BCUT2D eigenvalue weighted by Crippen LogP contribution is -2.11. The Hall–Kier alpha value is -2.09. The van der Waals surface area contributed by atoms with E-state index >= 15 is 0 Å². The van der Waals surface area contributed by atoms with Crippen LogP contribution < -0.4 is 4.74 Å². The van der Waals surface area contributed by atoms with Gasteiger partial charge in [-0.1, -0.05) is 12.1 Å². The molecule has 0 radical (unpaired) electrons. The van der Waals surface area contributed by atoms with Crippen LogP contribution in [0.5, 0.6) is 5.75 Å². The van der Waals surface area contributed by atoms with Crippen LogP contribution in [0.15, 0.2) is 30.3 Å². The van der Waals surface area contributed by atoms with Crippen LogP contribution in [0, 0.1) is 0 Å². The molecule has 0 bridgehead atoms. The first-order chi connectivity index (χ1) is 11.3. The zero-order chi connectivity index (χ0) is 15.8. The maximum atomic E-state index is 12.2. The number of carbonyl (C=O) groups is 1. The van der Waals surface area contributed by atoms with Gasteiger partial charge in [0.1, 0.15) is 5.75 Å². The number of hydrogen-bond donors (Lipinski definition) is 0. The molecule has 118 valence electrons. The molecule has 2 nitrogen and oxygen atoms in total. The summed E-state index contributed by atoms with van der Waals surface area (Å²) >= 11 is 0. The third kappa shape index (κ3) is 2.56. The molecule has 0 atom stereocenters. The number of fused-ring (bicyclic) bond motifs is 2. The Bertz CT molecular complexity index is 756. The molecule has 0 fully saturated rings. The summed E-state index contributed by atoms with van der Waals surface area (Å²) in [5.74, 6) is 1.23. The van der Waals surface area contributed by atoms with Gasteiger partial charge < -0.3 is 4.74 Å². The Labute approximate surface area is 137 Å². The molecule has 0 heterocycles. The van der Waals surface area contributed by atoms with Crippen LogP contribution >= 0.6 is 0 Å². The summed E-state index contributed by atoms with van der Waals surface area (Å²) < 4.78 is 5.25. The van der Waals surface area contributed by atoms with E-state index in [0.717, 1.165) is 30.6 Å². The fraction of sp³-hybridized carbons (Fsp3) is 0.381. The summed E-state index contributed by atoms with van der Waals surface area (Å²) in [5, 5.41) is 0. The normalized spacial score (nSPS) is 16.1. The van der Waals surface area contributed by atoms with Crippen LogP contribution in [-0.4, -0.2) is 12.9 Å². The molecule has 0 unspecified atom stereocenters. The molecule has 2 aliphatic rings. The Morgan fingerprint density at radius 3 is 2.52 bits per heavy atom. The third-order valence-corrected chi connectivity index (χ3v) is 5.33. The first kappa shape index (κ1) is 14.5. The minimum absolute atomic E-state index is 0.337. The SMILES string of the molecule is COc1ccc(Cc2c3c(cc4c2CCC4=O)CCCC3)cc1. The number of hydrogen-bond acceptors (Lipinski definition) is 2. The zero-order valence-corrected chi connectivity index (χ0v) is 13.7. The molecule has 2 aromatic rings. The molecule has 2 heteroatoms. The summed E-state index contributed by atoms with van der Waals surface area (Å²) in [7, 11) is 1.70. The standard InChI is InChI=1S/C21H22O2/c1-23-16-8-6-14(7-9-16)12-19-17-5-3-2-4-15(17)13-20-18(19)10-11-21(20)22/h6-9,13H,2-5,10-12H2,1H3. The van der Waals surface area contributed by atoms with Crippen LogP contribution in [0.3, 0.4) is 0 Å². The average Bonchev–Trinajstić information content (AvgIpc) is 2.96. The van der Waals surface area contributed by atoms with Crippen molar-refractivity contribution in [2.45, 2.75) is 44.9 Å². The van der Waals surface area contributed by atoms with Crippen LogP contribution in [0.4, 0.5) is 0 Å². The molecule has 2 aliphatic carbocycles. The zero-order valence-electron chi connectivity index (χ0n) is 13.7. The van der Waals surface area contributed by atoms with E-state index in [1.165, 1.54) is 47.1 Å². The largest absolute Gasteiger partial charge is 0.497 e. The number of ether oxygens (including phenoxy) is 1. The Morgan fingerprint density at radius 1 is 0.957 bits per heavy atom. The van der Waals surface area contributed by atoms with E-state index in [-0.39, 0.29) is 0 Å². The quantitative estimate of drug-likeness (QED) is 0.845. The van der Waals surface area contributed by atoms with E-state index in [9.17, 15) is 4.79 Å². The number of Topliss-reactive ketones (excluding diaryl/α,β-unsaturated/α-hetero) is 1. The second-order valence-electron chi connectivity index (χ2n) is 6.67. The highest BCUT2D eigenvalue weighted by atomic mass is 16.5. The van der Waals surface area contributed by atoms with E-state index in [0.29, 0.717) is 12.2 Å². The van der Waals surface area contributed by atoms with Crippen molar-refractivity contribution in [3.05, 3.63) is 63.7 Å². The van der Waals surface area contributed by atoms with Gasteiger partial charge in [0, 0.05) is 12.0 Å². The van der Waals surface area contributed by atoms with Crippen LogP contribution in [0.2, 0.25) is 0 Å². The average molecular weight is 306 g/mol. The smallest absolute Gasteiger partial charge is 0.163 e.